The van der Waals surface area contributed by atoms with Crippen molar-refractivity contribution >= 4 is 5.97 Å². The molecule has 0 aromatic rings. The van der Waals surface area contributed by atoms with E-state index < -0.39 is 0 Å². The summed E-state index contributed by atoms with van der Waals surface area (Å²) in [6, 6.07) is 0. The minimum Gasteiger partial charge on any atom is -0.462 e. The second-order valence-corrected chi connectivity index (χ2v) is 19.0. The zero-order chi connectivity index (χ0) is 36.5. The molecule has 0 saturated heterocycles. The molecular formula is C49H84O2. The highest BCUT2D eigenvalue weighted by molar-refractivity contribution is 5.69. The zero-order valence-electron chi connectivity index (χ0n) is 34.8. The van der Waals surface area contributed by atoms with Crippen molar-refractivity contribution in [1.82, 2.24) is 0 Å². The van der Waals surface area contributed by atoms with Crippen molar-refractivity contribution in [2.24, 2.45) is 46.3 Å². The van der Waals surface area contributed by atoms with Crippen LogP contribution in [0.15, 0.2) is 36.0 Å². The fourth-order valence-electron chi connectivity index (χ4n) is 11.8. The molecule has 0 spiro atoms. The van der Waals surface area contributed by atoms with Gasteiger partial charge in [0.05, 0.1) is 0 Å². The highest BCUT2D eigenvalue weighted by Crippen LogP contribution is 2.67. The molecule has 51 heavy (non-hydrogen) atoms. The Morgan fingerprint density at radius 2 is 1.43 bits per heavy atom. The molecule has 0 aliphatic heterocycles. The van der Waals surface area contributed by atoms with Crippen LogP contribution in [0.2, 0.25) is 0 Å². The molecule has 2 nitrogen and oxygen atoms in total. The van der Waals surface area contributed by atoms with Crippen molar-refractivity contribution in [3.05, 3.63) is 36.0 Å². The first-order valence-electron chi connectivity index (χ1n) is 22.9. The van der Waals surface area contributed by atoms with Gasteiger partial charge in [-0.05, 0) is 130 Å². The van der Waals surface area contributed by atoms with Gasteiger partial charge in [0.2, 0.25) is 0 Å². The van der Waals surface area contributed by atoms with E-state index in [1.54, 1.807) is 5.57 Å². The van der Waals surface area contributed by atoms with Crippen LogP contribution in [0.5, 0.6) is 0 Å². The van der Waals surface area contributed by atoms with E-state index in [4.69, 9.17) is 4.74 Å². The van der Waals surface area contributed by atoms with Gasteiger partial charge >= 0.3 is 5.97 Å². The SMILES string of the molecule is CCCCC/C=C\C/C=C\CCCCCCCCCCCC(=O)OC1CCC2(C)C(=CCC3C2CCC2(C)C(C(C)CCCC(C)C)CCC32)C1. The molecule has 8 atom stereocenters. The Morgan fingerprint density at radius 1 is 0.765 bits per heavy atom. The van der Waals surface area contributed by atoms with Crippen LogP contribution < -0.4 is 0 Å². The van der Waals surface area contributed by atoms with Crippen molar-refractivity contribution in [2.75, 3.05) is 0 Å². The average Bonchev–Trinajstić information content (AvgIpc) is 3.46. The van der Waals surface area contributed by atoms with E-state index in [1.165, 1.54) is 141 Å². The van der Waals surface area contributed by atoms with Gasteiger partial charge in [-0.3, -0.25) is 4.79 Å². The van der Waals surface area contributed by atoms with Crippen LogP contribution in [0.25, 0.3) is 0 Å². The predicted molar refractivity (Wildman–Crippen MR) is 221 cm³/mol. The van der Waals surface area contributed by atoms with Gasteiger partial charge in [-0.1, -0.05) is 155 Å². The van der Waals surface area contributed by atoms with Gasteiger partial charge in [0.1, 0.15) is 6.10 Å². The number of esters is 1. The first kappa shape index (κ1) is 42.4. The van der Waals surface area contributed by atoms with Gasteiger partial charge in [0, 0.05) is 12.8 Å². The molecule has 4 rings (SSSR count). The van der Waals surface area contributed by atoms with Crippen LogP contribution >= 0.6 is 0 Å². The first-order valence-corrected chi connectivity index (χ1v) is 22.9. The number of hydrogen-bond donors (Lipinski definition) is 0. The van der Waals surface area contributed by atoms with Gasteiger partial charge in [-0.15, -0.1) is 0 Å². The lowest BCUT2D eigenvalue weighted by Gasteiger charge is -2.58. The number of ether oxygens (including phenoxy) is 1. The monoisotopic (exact) mass is 705 g/mol. The Balaban J connectivity index is 1.05. The second kappa shape index (κ2) is 22.2. The molecule has 292 valence electrons. The molecule has 0 N–H and O–H groups in total. The van der Waals surface area contributed by atoms with E-state index in [0.29, 0.717) is 17.3 Å². The third-order valence-corrected chi connectivity index (χ3v) is 14.9. The van der Waals surface area contributed by atoms with E-state index in [9.17, 15) is 4.79 Å². The Labute approximate surface area is 317 Å². The molecule has 0 aromatic carbocycles. The molecule has 3 saturated carbocycles. The van der Waals surface area contributed by atoms with E-state index in [1.807, 2.05) is 0 Å². The molecule has 8 unspecified atom stereocenters. The number of hydrogen-bond acceptors (Lipinski definition) is 2. The molecule has 3 fully saturated rings. The second-order valence-electron chi connectivity index (χ2n) is 19.0. The minimum absolute atomic E-state index is 0.0582. The van der Waals surface area contributed by atoms with Crippen molar-refractivity contribution in [2.45, 2.75) is 221 Å². The first-order chi connectivity index (χ1) is 24.7. The lowest BCUT2D eigenvalue weighted by molar-refractivity contribution is -0.151. The van der Waals surface area contributed by atoms with Gasteiger partial charge in [0.25, 0.3) is 0 Å². The Hall–Kier alpha value is -1.31. The maximum absolute atomic E-state index is 12.9. The molecule has 0 amide bonds. The molecule has 0 bridgehead atoms. The van der Waals surface area contributed by atoms with Crippen LogP contribution in [0.3, 0.4) is 0 Å². The third kappa shape index (κ3) is 12.6. The summed E-state index contributed by atoms with van der Waals surface area (Å²) in [6.45, 7) is 14.9. The van der Waals surface area contributed by atoms with E-state index in [2.05, 4.69) is 71.9 Å². The van der Waals surface area contributed by atoms with Crippen molar-refractivity contribution < 1.29 is 9.53 Å². The number of unbranched alkanes of at least 4 members (excludes halogenated alkanes) is 12. The normalized spacial score (nSPS) is 31.1. The minimum atomic E-state index is 0.0582. The molecule has 2 heteroatoms. The summed E-state index contributed by atoms with van der Waals surface area (Å²) in [4.78, 5) is 12.9. The zero-order valence-corrected chi connectivity index (χ0v) is 34.8. The van der Waals surface area contributed by atoms with Crippen molar-refractivity contribution in [3.8, 4) is 0 Å². The number of fused-ring (bicyclic) bond motifs is 5. The molecule has 0 aromatic heterocycles. The smallest absolute Gasteiger partial charge is 0.306 e. The van der Waals surface area contributed by atoms with Crippen LogP contribution in [-0.2, 0) is 9.53 Å². The average molecular weight is 705 g/mol. The number of carbonyl (C=O) groups excluding carboxylic acids is 1. The molecular weight excluding hydrogens is 621 g/mol. The number of carbonyl (C=O) groups is 1. The summed E-state index contributed by atoms with van der Waals surface area (Å²) in [5.74, 6) is 5.31. The van der Waals surface area contributed by atoms with Crippen LogP contribution in [0.1, 0.15) is 215 Å². The summed E-state index contributed by atoms with van der Waals surface area (Å²) < 4.78 is 6.14. The summed E-state index contributed by atoms with van der Waals surface area (Å²) in [5, 5.41) is 0. The highest BCUT2D eigenvalue weighted by atomic mass is 16.5. The van der Waals surface area contributed by atoms with Gasteiger partial charge in [0.15, 0.2) is 0 Å². The Morgan fingerprint density at radius 3 is 2.12 bits per heavy atom. The Bertz CT molecular complexity index is 1080. The fraction of sp³-hybridized carbons (Fsp3) is 0.857. The quantitative estimate of drug-likeness (QED) is 0.0568. The summed E-state index contributed by atoms with van der Waals surface area (Å²) >= 11 is 0. The van der Waals surface area contributed by atoms with E-state index >= 15 is 0 Å². The standard InChI is InChI=1S/C49H84O2/c1-7-8-9-10-11-12-13-14-15-16-17-18-19-20-21-22-23-24-25-29-47(50)51-42-34-36-48(5)41(38-42)30-31-43-45-33-32-44(40(4)28-26-27-39(2)3)49(45,6)37-35-46(43)48/h11-12,14-15,30,39-40,42-46H,7-10,13,16-29,31-38H2,1-6H3/b12-11-,15-14-. The fourth-order valence-corrected chi connectivity index (χ4v) is 11.8. The third-order valence-electron chi connectivity index (χ3n) is 14.9. The van der Waals surface area contributed by atoms with Crippen LogP contribution in [-0.4, -0.2) is 12.1 Å². The number of allylic oxidation sites excluding steroid dienone is 5. The molecule has 0 heterocycles. The van der Waals surface area contributed by atoms with Crippen LogP contribution in [0, 0.1) is 46.3 Å². The van der Waals surface area contributed by atoms with E-state index in [0.717, 1.165) is 61.2 Å². The highest BCUT2D eigenvalue weighted by Gasteiger charge is 2.59. The van der Waals surface area contributed by atoms with Crippen molar-refractivity contribution in [3.63, 3.8) is 0 Å². The van der Waals surface area contributed by atoms with Gasteiger partial charge < -0.3 is 4.74 Å². The largest absolute Gasteiger partial charge is 0.462 e. The summed E-state index contributed by atoms with van der Waals surface area (Å²) in [7, 11) is 0. The molecule has 4 aliphatic carbocycles. The Kier molecular flexibility index (Phi) is 18.4. The van der Waals surface area contributed by atoms with Crippen molar-refractivity contribution in [1.29, 1.82) is 0 Å². The van der Waals surface area contributed by atoms with Gasteiger partial charge in [-0.25, -0.2) is 0 Å². The maximum Gasteiger partial charge on any atom is 0.306 e. The summed E-state index contributed by atoms with van der Waals surface area (Å²) in [5.41, 5.74) is 2.52. The lowest BCUT2D eigenvalue weighted by Crippen LogP contribution is -2.51. The predicted octanol–water partition coefficient (Wildman–Crippen LogP) is 15.3. The van der Waals surface area contributed by atoms with Gasteiger partial charge in [-0.2, -0.15) is 0 Å². The van der Waals surface area contributed by atoms with E-state index in [-0.39, 0.29) is 12.1 Å². The topological polar surface area (TPSA) is 26.3 Å². The summed E-state index contributed by atoms with van der Waals surface area (Å²) in [6.07, 6.45) is 46.4. The lowest BCUT2D eigenvalue weighted by atomic mass is 9.47. The maximum atomic E-state index is 12.9. The van der Waals surface area contributed by atoms with Crippen LogP contribution in [0.4, 0.5) is 0 Å². The number of rotatable bonds is 24. The molecule has 4 aliphatic rings. The molecule has 0 radical (unpaired) electrons.